The van der Waals surface area contributed by atoms with Crippen LogP contribution in [-0.2, 0) is 4.79 Å². The lowest BCUT2D eigenvalue weighted by molar-refractivity contribution is -0.110. The number of nitrogens with one attached hydrogen (secondary N) is 4. The van der Waals surface area contributed by atoms with E-state index in [0.29, 0.717) is 47.2 Å². The zero-order valence-corrected chi connectivity index (χ0v) is 23.9. The fourth-order valence-electron chi connectivity index (χ4n) is 4.27. The van der Waals surface area contributed by atoms with Crippen LogP contribution in [0.15, 0.2) is 65.4 Å². The van der Waals surface area contributed by atoms with Crippen LogP contribution in [0, 0.1) is 5.41 Å². The lowest BCUT2D eigenvalue weighted by Gasteiger charge is -2.30. The normalized spacial score (nSPS) is 13.7. The van der Waals surface area contributed by atoms with Gasteiger partial charge in [0.25, 0.3) is 11.8 Å². The summed E-state index contributed by atoms with van der Waals surface area (Å²) in [6.07, 6.45) is 4.72. The van der Waals surface area contributed by atoms with Crippen LogP contribution in [0.2, 0.25) is 0 Å². The van der Waals surface area contributed by atoms with E-state index in [2.05, 4.69) is 53.5 Å². The highest BCUT2D eigenvalue weighted by Gasteiger charge is 2.15. The summed E-state index contributed by atoms with van der Waals surface area (Å²) in [6.45, 7) is 9.85. The monoisotopic (exact) mass is 546 g/mol. The maximum absolute atomic E-state index is 12.6. The van der Waals surface area contributed by atoms with Crippen LogP contribution in [0.5, 0.6) is 11.5 Å². The van der Waals surface area contributed by atoms with Crippen molar-refractivity contribution in [3.8, 4) is 11.5 Å². The van der Waals surface area contributed by atoms with Crippen molar-refractivity contribution in [1.82, 2.24) is 15.5 Å². The van der Waals surface area contributed by atoms with Gasteiger partial charge in [0.05, 0.1) is 14.2 Å². The van der Waals surface area contributed by atoms with Crippen LogP contribution in [0.3, 0.4) is 0 Å². The van der Waals surface area contributed by atoms with Crippen molar-refractivity contribution >= 4 is 35.1 Å². The Bertz CT molecular complexity index is 1300. The predicted octanol–water partition coefficient (Wildman–Crippen LogP) is 4.07. The van der Waals surface area contributed by atoms with Gasteiger partial charge in [0.15, 0.2) is 11.5 Å². The molecule has 4 N–H and O–H groups in total. The first-order chi connectivity index (χ1) is 19.1. The molecule has 0 atom stereocenters. The Labute approximate surface area is 235 Å². The molecule has 0 saturated carbocycles. The molecule has 1 aliphatic rings. The highest BCUT2D eigenvalue weighted by atomic mass is 16.5. The van der Waals surface area contributed by atoms with E-state index in [1.165, 1.54) is 6.08 Å². The van der Waals surface area contributed by atoms with Crippen molar-refractivity contribution in [3.05, 3.63) is 71.6 Å². The minimum Gasteiger partial charge on any atom is -0.493 e. The second kappa shape index (κ2) is 14.1. The number of aliphatic imine (C=N–C) groups is 1. The molecule has 10 heteroatoms. The Morgan fingerprint density at radius 2 is 1.70 bits per heavy atom. The number of hydrogen-bond donors (Lipinski definition) is 4. The summed E-state index contributed by atoms with van der Waals surface area (Å²) in [6, 6.07) is 12.8. The van der Waals surface area contributed by atoms with E-state index < -0.39 is 5.91 Å². The molecule has 0 fully saturated rings. The van der Waals surface area contributed by atoms with E-state index in [9.17, 15) is 9.59 Å². The molecule has 1 heterocycles. The van der Waals surface area contributed by atoms with Crippen LogP contribution in [-0.4, -0.2) is 68.0 Å². The molecular weight excluding hydrogens is 508 g/mol. The molecule has 0 bridgehead atoms. The van der Waals surface area contributed by atoms with E-state index >= 15 is 0 Å². The van der Waals surface area contributed by atoms with Crippen molar-refractivity contribution in [3.63, 3.8) is 0 Å². The SMILES string of the molecule is COc1ccc(C2=CC=N/C(=C/C(=N)C(=O)Nc3ccc(C(=O)NCCN(C(C)C)C(C)C)cc3)N2)cc1OC. The third-order valence-electron chi connectivity index (χ3n) is 6.32. The molecule has 0 saturated heterocycles. The van der Waals surface area contributed by atoms with Gasteiger partial charge in [0.1, 0.15) is 11.5 Å². The number of rotatable bonds is 12. The number of methoxy groups -OCH3 is 2. The van der Waals surface area contributed by atoms with Gasteiger partial charge in [0.2, 0.25) is 0 Å². The fourth-order valence-corrected chi connectivity index (χ4v) is 4.27. The summed E-state index contributed by atoms with van der Waals surface area (Å²) in [4.78, 5) is 31.7. The molecule has 10 nitrogen and oxygen atoms in total. The smallest absolute Gasteiger partial charge is 0.273 e. The summed E-state index contributed by atoms with van der Waals surface area (Å²) >= 11 is 0. The van der Waals surface area contributed by atoms with E-state index in [0.717, 1.165) is 17.8 Å². The van der Waals surface area contributed by atoms with Gasteiger partial charge in [-0.25, -0.2) is 4.99 Å². The molecule has 1 aliphatic heterocycles. The van der Waals surface area contributed by atoms with Crippen LogP contribution >= 0.6 is 0 Å². The molecule has 212 valence electrons. The molecule has 0 spiro atoms. The van der Waals surface area contributed by atoms with E-state index in [1.807, 2.05) is 12.1 Å². The quantitative estimate of drug-likeness (QED) is 0.297. The van der Waals surface area contributed by atoms with Gasteiger partial charge in [-0.1, -0.05) is 0 Å². The minimum atomic E-state index is -0.605. The zero-order valence-electron chi connectivity index (χ0n) is 23.9. The van der Waals surface area contributed by atoms with Gasteiger partial charge in [-0.15, -0.1) is 0 Å². The Morgan fingerprint density at radius 1 is 1.02 bits per heavy atom. The number of carbonyl (C=O) groups excluding carboxylic acids is 2. The first-order valence-corrected chi connectivity index (χ1v) is 13.1. The minimum absolute atomic E-state index is 0.178. The number of ether oxygens (including phenoxy) is 2. The number of hydrogen-bond acceptors (Lipinski definition) is 8. The number of amides is 2. The van der Waals surface area contributed by atoms with Gasteiger partial charge in [-0.05, 0) is 76.2 Å². The van der Waals surface area contributed by atoms with Gasteiger partial charge in [-0.3, -0.25) is 19.9 Å². The maximum Gasteiger partial charge on any atom is 0.273 e. The van der Waals surface area contributed by atoms with Crippen LogP contribution in [0.1, 0.15) is 43.6 Å². The van der Waals surface area contributed by atoms with E-state index in [-0.39, 0.29) is 11.6 Å². The Morgan fingerprint density at radius 3 is 2.33 bits per heavy atom. The van der Waals surface area contributed by atoms with Crippen molar-refractivity contribution in [2.45, 2.75) is 39.8 Å². The van der Waals surface area contributed by atoms with Gasteiger partial charge in [-0.2, -0.15) is 0 Å². The van der Waals surface area contributed by atoms with Crippen molar-refractivity contribution in [1.29, 1.82) is 5.41 Å². The highest BCUT2D eigenvalue weighted by Crippen LogP contribution is 2.30. The number of anilines is 1. The molecule has 2 aromatic carbocycles. The Balaban J connectivity index is 1.55. The van der Waals surface area contributed by atoms with E-state index in [1.54, 1.807) is 56.8 Å². The lowest BCUT2D eigenvalue weighted by atomic mass is 10.1. The zero-order chi connectivity index (χ0) is 29.2. The Hall–Kier alpha value is -4.44. The molecular formula is C30H38N6O4. The van der Waals surface area contributed by atoms with Crippen molar-refractivity contribution in [2.24, 2.45) is 4.99 Å². The molecule has 40 heavy (non-hydrogen) atoms. The summed E-state index contributed by atoms with van der Waals surface area (Å²) in [7, 11) is 3.13. The standard InChI is InChI=1S/C30H38N6O4/c1-19(2)36(20(3)4)16-15-33-29(37)21-7-10-23(11-8-21)34-30(38)24(31)18-28-32-14-13-25(35-28)22-9-12-26(39-5)27(17-22)40-6/h7-14,17-20,31,35H,15-16H2,1-6H3,(H,33,37)(H,34,38)/b28-18-,31-24?. The molecule has 2 amide bonds. The highest BCUT2D eigenvalue weighted by molar-refractivity contribution is 6.46. The third kappa shape index (κ3) is 8.03. The summed E-state index contributed by atoms with van der Waals surface area (Å²) in [5, 5.41) is 17.0. The lowest BCUT2D eigenvalue weighted by Crippen LogP contribution is -2.42. The molecule has 3 rings (SSSR count). The molecule has 0 aromatic heterocycles. The Kier molecular flexibility index (Phi) is 10.6. The van der Waals surface area contributed by atoms with Crippen LogP contribution in [0.25, 0.3) is 5.70 Å². The van der Waals surface area contributed by atoms with Crippen LogP contribution < -0.4 is 25.4 Å². The van der Waals surface area contributed by atoms with E-state index in [4.69, 9.17) is 14.9 Å². The molecule has 0 unspecified atom stereocenters. The number of benzene rings is 2. The average molecular weight is 547 g/mol. The van der Waals surface area contributed by atoms with Crippen molar-refractivity contribution in [2.75, 3.05) is 32.6 Å². The second-order valence-electron chi connectivity index (χ2n) is 9.71. The second-order valence-corrected chi connectivity index (χ2v) is 9.71. The predicted molar refractivity (Wildman–Crippen MR) is 159 cm³/mol. The van der Waals surface area contributed by atoms with Gasteiger partial charge in [0, 0.05) is 60.0 Å². The summed E-state index contributed by atoms with van der Waals surface area (Å²) in [5.74, 6) is 0.746. The number of allylic oxidation sites excluding steroid dienone is 1. The third-order valence-corrected chi connectivity index (χ3v) is 6.32. The molecule has 0 radical (unpaired) electrons. The first-order valence-electron chi connectivity index (χ1n) is 13.1. The van der Waals surface area contributed by atoms with Gasteiger partial charge < -0.3 is 25.4 Å². The average Bonchev–Trinajstić information content (AvgIpc) is 2.94. The number of nitrogens with zero attached hydrogens (tertiary/aromatic N) is 2. The van der Waals surface area contributed by atoms with Crippen LogP contribution in [0.4, 0.5) is 5.69 Å². The fraction of sp³-hybridized carbons (Fsp3) is 0.333. The maximum atomic E-state index is 12.6. The number of carbonyl (C=O) groups is 2. The largest absolute Gasteiger partial charge is 0.493 e. The first kappa shape index (κ1) is 30.1. The summed E-state index contributed by atoms with van der Waals surface area (Å²) < 4.78 is 10.7. The van der Waals surface area contributed by atoms with Crippen molar-refractivity contribution < 1.29 is 19.1 Å². The summed E-state index contributed by atoms with van der Waals surface area (Å²) in [5.41, 5.74) is 2.24. The molecule has 0 aliphatic carbocycles. The van der Waals surface area contributed by atoms with Gasteiger partial charge >= 0.3 is 0 Å². The topological polar surface area (TPSA) is 128 Å². The molecule has 2 aromatic rings.